The van der Waals surface area contributed by atoms with Gasteiger partial charge in [0.05, 0.1) is 12.2 Å². The topological polar surface area (TPSA) is 41.5 Å². The summed E-state index contributed by atoms with van der Waals surface area (Å²) in [5, 5.41) is 13.4. The van der Waals surface area contributed by atoms with Gasteiger partial charge in [-0.15, -0.1) is 0 Å². The highest BCUT2D eigenvalue weighted by Gasteiger charge is 2.20. The first-order valence-electron chi connectivity index (χ1n) is 6.81. The van der Waals surface area contributed by atoms with E-state index in [0.717, 1.165) is 31.6 Å². The fraction of sp³-hybridized carbons (Fsp3) is 0.600. The van der Waals surface area contributed by atoms with Gasteiger partial charge in [-0.2, -0.15) is 0 Å². The summed E-state index contributed by atoms with van der Waals surface area (Å²) in [5.74, 6) is 0.913. The highest BCUT2D eigenvalue weighted by molar-refractivity contribution is 5.20. The lowest BCUT2D eigenvalue weighted by molar-refractivity contribution is 0.0325. The van der Waals surface area contributed by atoms with Crippen molar-refractivity contribution < 1.29 is 9.84 Å². The maximum Gasteiger partial charge on any atom is 0.119 e. The molecule has 2 N–H and O–H groups in total. The van der Waals surface area contributed by atoms with Crippen LogP contribution < -0.4 is 10.1 Å². The monoisotopic (exact) mass is 251 g/mol. The largest absolute Gasteiger partial charge is 0.494 e. The predicted octanol–water partition coefficient (Wildman–Crippen LogP) is 2.60. The summed E-state index contributed by atoms with van der Waals surface area (Å²) in [5.41, 5.74) is -0.555. The number of hydrogen-bond donors (Lipinski definition) is 2. The Hall–Kier alpha value is -1.06. The van der Waals surface area contributed by atoms with Crippen LogP contribution in [0.3, 0.4) is 0 Å². The van der Waals surface area contributed by atoms with Crippen LogP contribution in [0.25, 0.3) is 0 Å². The predicted molar refractivity (Wildman–Crippen MR) is 75.0 cm³/mol. The van der Waals surface area contributed by atoms with Gasteiger partial charge < -0.3 is 15.2 Å². The van der Waals surface area contributed by atoms with Gasteiger partial charge in [-0.3, -0.25) is 0 Å². The summed E-state index contributed by atoms with van der Waals surface area (Å²) in [6, 6.07) is 9.83. The zero-order valence-electron chi connectivity index (χ0n) is 11.5. The molecule has 0 heterocycles. The minimum absolute atomic E-state index is 0.555. The van der Waals surface area contributed by atoms with E-state index in [-0.39, 0.29) is 0 Å². The minimum atomic E-state index is -0.555. The molecule has 0 amide bonds. The molecule has 102 valence electrons. The molecule has 1 aromatic rings. The third-order valence-electron chi connectivity index (χ3n) is 3.28. The van der Waals surface area contributed by atoms with Crippen LogP contribution in [0.2, 0.25) is 0 Å². The Morgan fingerprint density at radius 1 is 1.17 bits per heavy atom. The van der Waals surface area contributed by atoms with Crippen molar-refractivity contribution in [3.8, 4) is 5.75 Å². The van der Waals surface area contributed by atoms with Crippen molar-refractivity contribution in [1.82, 2.24) is 5.32 Å². The van der Waals surface area contributed by atoms with Crippen LogP contribution in [0.1, 0.15) is 33.1 Å². The summed E-state index contributed by atoms with van der Waals surface area (Å²) in [4.78, 5) is 0. The highest BCUT2D eigenvalue weighted by atomic mass is 16.5. The van der Waals surface area contributed by atoms with E-state index in [9.17, 15) is 5.11 Å². The summed E-state index contributed by atoms with van der Waals surface area (Å²) < 4.78 is 5.59. The SMILES string of the molecule is CCC(O)(CC)CNCCCOc1ccccc1. The van der Waals surface area contributed by atoms with Gasteiger partial charge in [0.15, 0.2) is 0 Å². The van der Waals surface area contributed by atoms with E-state index in [1.54, 1.807) is 0 Å². The van der Waals surface area contributed by atoms with Crippen LogP contribution >= 0.6 is 0 Å². The number of para-hydroxylation sites is 1. The Morgan fingerprint density at radius 3 is 2.44 bits per heavy atom. The first-order valence-corrected chi connectivity index (χ1v) is 6.81. The van der Waals surface area contributed by atoms with Gasteiger partial charge in [0.2, 0.25) is 0 Å². The second kappa shape index (κ2) is 8.11. The zero-order chi connectivity index (χ0) is 13.3. The van der Waals surface area contributed by atoms with Crippen molar-refractivity contribution in [2.45, 2.75) is 38.7 Å². The third-order valence-corrected chi connectivity index (χ3v) is 3.28. The Balaban J connectivity index is 2.06. The zero-order valence-corrected chi connectivity index (χ0v) is 11.5. The first-order chi connectivity index (χ1) is 8.70. The molecule has 3 nitrogen and oxygen atoms in total. The van der Waals surface area contributed by atoms with Gasteiger partial charge in [-0.1, -0.05) is 32.0 Å². The van der Waals surface area contributed by atoms with Crippen molar-refractivity contribution in [2.75, 3.05) is 19.7 Å². The molecule has 0 aliphatic heterocycles. The Bertz CT molecular complexity index is 310. The minimum Gasteiger partial charge on any atom is -0.494 e. The summed E-state index contributed by atoms with van der Waals surface area (Å²) >= 11 is 0. The highest BCUT2D eigenvalue weighted by Crippen LogP contribution is 2.12. The van der Waals surface area contributed by atoms with E-state index in [0.29, 0.717) is 13.2 Å². The molecule has 0 aliphatic rings. The Morgan fingerprint density at radius 2 is 1.83 bits per heavy atom. The molecule has 0 unspecified atom stereocenters. The van der Waals surface area contributed by atoms with Gasteiger partial charge in [0.25, 0.3) is 0 Å². The Kier molecular flexibility index (Phi) is 6.76. The molecule has 1 aromatic carbocycles. The average Bonchev–Trinajstić information content (AvgIpc) is 2.43. The number of aliphatic hydroxyl groups is 1. The van der Waals surface area contributed by atoms with E-state index in [4.69, 9.17) is 4.74 Å². The fourth-order valence-corrected chi connectivity index (χ4v) is 1.72. The van der Waals surface area contributed by atoms with E-state index >= 15 is 0 Å². The van der Waals surface area contributed by atoms with E-state index < -0.39 is 5.60 Å². The molecule has 3 heteroatoms. The maximum atomic E-state index is 10.1. The van der Waals surface area contributed by atoms with Crippen molar-refractivity contribution >= 4 is 0 Å². The molecule has 0 atom stereocenters. The Labute approximate surface area is 110 Å². The molecular weight excluding hydrogens is 226 g/mol. The van der Waals surface area contributed by atoms with Gasteiger partial charge in [-0.05, 0) is 37.9 Å². The van der Waals surface area contributed by atoms with Gasteiger partial charge in [0.1, 0.15) is 5.75 Å². The smallest absolute Gasteiger partial charge is 0.119 e. The van der Waals surface area contributed by atoms with Crippen molar-refractivity contribution in [3.63, 3.8) is 0 Å². The molecule has 0 aromatic heterocycles. The molecule has 0 spiro atoms. The van der Waals surface area contributed by atoms with Crippen LogP contribution in [0.4, 0.5) is 0 Å². The van der Waals surface area contributed by atoms with Crippen LogP contribution in [0, 0.1) is 0 Å². The van der Waals surface area contributed by atoms with Gasteiger partial charge >= 0.3 is 0 Å². The molecule has 0 radical (unpaired) electrons. The first kappa shape index (κ1) is 15.0. The van der Waals surface area contributed by atoms with Crippen molar-refractivity contribution in [2.24, 2.45) is 0 Å². The molecule has 0 bridgehead atoms. The average molecular weight is 251 g/mol. The molecular formula is C15H25NO2. The summed E-state index contributed by atoms with van der Waals surface area (Å²) in [7, 11) is 0. The number of nitrogens with one attached hydrogen (secondary N) is 1. The molecule has 0 saturated heterocycles. The fourth-order valence-electron chi connectivity index (χ4n) is 1.72. The van der Waals surface area contributed by atoms with Crippen molar-refractivity contribution in [1.29, 1.82) is 0 Å². The van der Waals surface area contributed by atoms with E-state index in [2.05, 4.69) is 5.32 Å². The summed E-state index contributed by atoms with van der Waals surface area (Å²) in [6.07, 6.45) is 2.52. The molecule has 0 aliphatic carbocycles. The lowest BCUT2D eigenvalue weighted by Gasteiger charge is -2.25. The molecule has 0 fully saturated rings. The maximum absolute atomic E-state index is 10.1. The number of benzene rings is 1. The van der Waals surface area contributed by atoms with E-state index in [1.807, 2.05) is 44.2 Å². The third kappa shape index (κ3) is 5.52. The summed E-state index contributed by atoms with van der Waals surface area (Å²) in [6.45, 7) is 6.27. The molecule has 0 saturated carbocycles. The van der Waals surface area contributed by atoms with Crippen LogP contribution in [-0.4, -0.2) is 30.4 Å². The lowest BCUT2D eigenvalue weighted by atomic mass is 9.98. The van der Waals surface area contributed by atoms with Crippen molar-refractivity contribution in [3.05, 3.63) is 30.3 Å². The van der Waals surface area contributed by atoms with Crippen LogP contribution in [0.5, 0.6) is 5.75 Å². The molecule has 1 rings (SSSR count). The second-order valence-electron chi connectivity index (χ2n) is 4.62. The van der Waals surface area contributed by atoms with Gasteiger partial charge in [-0.25, -0.2) is 0 Å². The van der Waals surface area contributed by atoms with Crippen LogP contribution in [-0.2, 0) is 0 Å². The number of hydrogen-bond acceptors (Lipinski definition) is 3. The normalized spacial score (nSPS) is 11.5. The van der Waals surface area contributed by atoms with E-state index in [1.165, 1.54) is 0 Å². The van der Waals surface area contributed by atoms with Crippen LogP contribution in [0.15, 0.2) is 30.3 Å². The van der Waals surface area contributed by atoms with Gasteiger partial charge in [0, 0.05) is 6.54 Å². The number of rotatable bonds is 9. The molecule has 18 heavy (non-hydrogen) atoms. The second-order valence-corrected chi connectivity index (χ2v) is 4.62. The number of ether oxygens (including phenoxy) is 1. The lowest BCUT2D eigenvalue weighted by Crippen LogP contribution is -2.40. The quantitative estimate of drug-likeness (QED) is 0.663. The standard InChI is InChI=1S/C15H25NO2/c1-3-15(17,4-2)13-16-11-8-12-18-14-9-6-5-7-10-14/h5-7,9-10,16-17H,3-4,8,11-13H2,1-2H3.